The van der Waals surface area contributed by atoms with Crippen LogP contribution in [-0.2, 0) is 0 Å². The molecule has 0 bridgehead atoms. The second-order valence-electron chi connectivity index (χ2n) is 6.65. The lowest BCUT2D eigenvalue weighted by atomic mass is 9.85. The molecule has 18 heavy (non-hydrogen) atoms. The van der Waals surface area contributed by atoms with Gasteiger partial charge in [-0.1, -0.05) is 20.8 Å². The van der Waals surface area contributed by atoms with Gasteiger partial charge in [-0.25, -0.2) is 0 Å². The average molecular weight is 252 g/mol. The molecule has 0 aromatic rings. The molecule has 1 aliphatic carbocycles. The summed E-state index contributed by atoms with van der Waals surface area (Å²) < 4.78 is 0. The first-order valence-corrected chi connectivity index (χ1v) is 8.18. The van der Waals surface area contributed by atoms with Crippen molar-refractivity contribution in [2.24, 2.45) is 5.92 Å². The molecular formula is C16H32N2. The third kappa shape index (κ3) is 3.27. The molecule has 1 N–H and O–H groups in total. The lowest BCUT2D eigenvalue weighted by Gasteiger charge is -2.41. The van der Waals surface area contributed by atoms with E-state index in [-0.39, 0.29) is 0 Å². The van der Waals surface area contributed by atoms with Gasteiger partial charge in [-0.2, -0.15) is 0 Å². The van der Waals surface area contributed by atoms with E-state index in [4.69, 9.17) is 0 Å². The number of nitrogens with one attached hydrogen (secondary N) is 1. The maximum Gasteiger partial charge on any atom is 0.0303 e. The minimum absolute atomic E-state index is 0.388. The first-order valence-electron chi connectivity index (χ1n) is 8.18. The number of hydrogen-bond donors (Lipinski definition) is 1. The molecule has 0 amide bonds. The Morgan fingerprint density at radius 1 is 1.11 bits per heavy atom. The van der Waals surface area contributed by atoms with E-state index in [1.54, 1.807) is 0 Å². The summed E-state index contributed by atoms with van der Waals surface area (Å²) in [5.41, 5.74) is 0.388. The molecule has 0 spiro atoms. The molecule has 1 saturated heterocycles. The molecule has 2 rings (SSSR count). The van der Waals surface area contributed by atoms with Crippen LogP contribution in [0, 0.1) is 5.92 Å². The SMILES string of the molecule is CCC1(CC)CN(C2CCC(C)CC2)CCCN1. The second kappa shape index (κ2) is 6.38. The zero-order chi connectivity index (χ0) is 13.0. The van der Waals surface area contributed by atoms with Crippen molar-refractivity contribution in [2.45, 2.75) is 77.3 Å². The zero-order valence-corrected chi connectivity index (χ0v) is 12.7. The fraction of sp³-hybridized carbons (Fsp3) is 1.00. The summed E-state index contributed by atoms with van der Waals surface area (Å²) in [5.74, 6) is 0.966. The highest BCUT2D eigenvalue weighted by atomic mass is 15.2. The van der Waals surface area contributed by atoms with Gasteiger partial charge in [-0.15, -0.1) is 0 Å². The molecule has 2 heteroatoms. The summed E-state index contributed by atoms with van der Waals surface area (Å²) in [4.78, 5) is 2.82. The third-order valence-corrected chi connectivity index (χ3v) is 5.48. The van der Waals surface area contributed by atoms with Crippen LogP contribution in [0.15, 0.2) is 0 Å². The van der Waals surface area contributed by atoms with Gasteiger partial charge in [-0.3, -0.25) is 4.90 Å². The first-order chi connectivity index (χ1) is 8.69. The normalized spacial score (nSPS) is 34.2. The van der Waals surface area contributed by atoms with Gasteiger partial charge < -0.3 is 5.32 Å². The third-order valence-electron chi connectivity index (χ3n) is 5.48. The van der Waals surface area contributed by atoms with E-state index >= 15 is 0 Å². The number of nitrogens with zero attached hydrogens (tertiary/aromatic N) is 1. The Morgan fingerprint density at radius 3 is 2.39 bits per heavy atom. The average Bonchev–Trinajstić information content (AvgIpc) is 2.63. The Morgan fingerprint density at radius 2 is 1.78 bits per heavy atom. The standard InChI is InChI=1S/C16H32N2/c1-4-16(5-2)13-18(12-6-11-17-16)15-9-7-14(3)8-10-15/h14-15,17H,4-13H2,1-3H3. The largest absolute Gasteiger partial charge is 0.310 e. The van der Waals surface area contributed by atoms with Crippen molar-refractivity contribution in [3.8, 4) is 0 Å². The Hall–Kier alpha value is -0.0800. The molecule has 106 valence electrons. The maximum atomic E-state index is 3.83. The van der Waals surface area contributed by atoms with Gasteiger partial charge in [0.1, 0.15) is 0 Å². The predicted octanol–water partition coefficient (Wildman–Crippen LogP) is 3.42. The molecule has 0 aromatic carbocycles. The molecule has 2 aliphatic rings. The molecule has 0 aromatic heterocycles. The van der Waals surface area contributed by atoms with Gasteiger partial charge in [0.05, 0.1) is 0 Å². The van der Waals surface area contributed by atoms with Crippen LogP contribution in [-0.4, -0.2) is 36.1 Å². The minimum atomic E-state index is 0.388. The van der Waals surface area contributed by atoms with Crippen LogP contribution >= 0.6 is 0 Å². The summed E-state index contributed by atoms with van der Waals surface area (Å²) in [5, 5.41) is 3.83. The van der Waals surface area contributed by atoms with E-state index in [2.05, 4.69) is 31.0 Å². The Balaban J connectivity index is 1.98. The fourth-order valence-corrected chi connectivity index (χ4v) is 3.80. The Labute approximate surface area is 114 Å². The fourth-order valence-electron chi connectivity index (χ4n) is 3.80. The van der Waals surface area contributed by atoms with Gasteiger partial charge >= 0.3 is 0 Å². The molecule has 0 radical (unpaired) electrons. The minimum Gasteiger partial charge on any atom is -0.310 e. The van der Waals surface area contributed by atoms with E-state index in [0.717, 1.165) is 12.0 Å². The molecule has 2 nitrogen and oxygen atoms in total. The van der Waals surface area contributed by atoms with Crippen molar-refractivity contribution in [3.63, 3.8) is 0 Å². The smallest absolute Gasteiger partial charge is 0.0303 e. The van der Waals surface area contributed by atoms with Crippen molar-refractivity contribution in [2.75, 3.05) is 19.6 Å². The van der Waals surface area contributed by atoms with Gasteiger partial charge in [0.15, 0.2) is 0 Å². The van der Waals surface area contributed by atoms with E-state index in [9.17, 15) is 0 Å². The zero-order valence-electron chi connectivity index (χ0n) is 12.7. The van der Waals surface area contributed by atoms with Gasteiger partial charge in [0, 0.05) is 18.1 Å². The van der Waals surface area contributed by atoms with Crippen molar-refractivity contribution in [1.82, 2.24) is 10.2 Å². The molecule has 0 unspecified atom stereocenters. The highest BCUT2D eigenvalue weighted by molar-refractivity contribution is 4.93. The van der Waals surface area contributed by atoms with Crippen LogP contribution < -0.4 is 5.32 Å². The van der Waals surface area contributed by atoms with Crippen molar-refractivity contribution < 1.29 is 0 Å². The molecule has 2 fully saturated rings. The second-order valence-corrected chi connectivity index (χ2v) is 6.65. The molecular weight excluding hydrogens is 220 g/mol. The molecule has 1 aliphatic heterocycles. The van der Waals surface area contributed by atoms with Crippen LogP contribution in [0.3, 0.4) is 0 Å². The van der Waals surface area contributed by atoms with Crippen LogP contribution in [0.2, 0.25) is 0 Å². The van der Waals surface area contributed by atoms with Crippen LogP contribution in [0.4, 0.5) is 0 Å². The monoisotopic (exact) mass is 252 g/mol. The van der Waals surface area contributed by atoms with Crippen LogP contribution in [0.1, 0.15) is 65.7 Å². The first kappa shape index (κ1) is 14.3. The van der Waals surface area contributed by atoms with E-state index in [1.807, 2.05) is 0 Å². The maximum absolute atomic E-state index is 3.83. The van der Waals surface area contributed by atoms with Gasteiger partial charge in [0.2, 0.25) is 0 Å². The van der Waals surface area contributed by atoms with Gasteiger partial charge in [0.25, 0.3) is 0 Å². The highest BCUT2D eigenvalue weighted by Crippen LogP contribution is 2.30. The summed E-state index contributed by atoms with van der Waals surface area (Å²) in [6.07, 6.45) is 9.62. The van der Waals surface area contributed by atoms with E-state index in [1.165, 1.54) is 64.6 Å². The Bertz CT molecular complexity index is 239. The summed E-state index contributed by atoms with van der Waals surface area (Å²) in [6, 6.07) is 0.874. The van der Waals surface area contributed by atoms with Crippen molar-refractivity contribution >= 4 is 0 Å². The lowest BCUT2D eigenvalue weighted by Crippen LogP contribution is -2.53. The highest BCUT2D eigenvalue weighted by Gasteiger charge is 2.33. The van der Waals surface area contributed by atoms with E-state index < -0.39 is 0 Å². The topological polar surface area (TPSA) is 15.3 Å². The van der Waals surface area contributed by atoms with E-state index in [0.29, 0.717) is 5.54 Å². The van der Waals surface area contributed by atoms with Crippen LogP contribution in [0.25, 0.3) is 0 Å². The number of rotatable bonds is 3. The lowest BCUT2D eigenvalue weighted by molar-refractivity contribution is 0.110. The van der Waals surface area contributed by atoms with Crippen molar-refractivity contribution in [3.05, 3.63) is 0 Å². The predicted molar refractivity (Wildman–Crippen MR) is 78.9 cm³/mol. The molecule has 0 atom stereocenters. The summed E-state index contributed by atoms with van der Waals surface area (Å²) in [7, 11) is 0. The summed E-state index contributed by atoms with van der Waals surface area (Å²) >= 11 is 0. The number of hydrogen-bond acceptors (Lipinski definition) is 2. The molecule has 1 saturated carbocycles. The van der Waals surface area contributed by atoms with Gasteiger partial charge in [-0.05, 0) is 64.0 Å². The van der Waals surface area contributed by atoms with Crippen LogP contribution in [0.5, 0.6) is 0 Å². The Kier molecular flexibility index (Phi) is 5.08. The quantitative estimate of drug-likeness (QED) is 0.828. The van der Waals surface area contributed by atoms with Crippen molar-refractivity contribution in [1.29, 1.82) is 0 Å². The summed E-state index contributed by atoms with van der Waals surface area (Å²) in [6.45, 7) is 10.9. The molecule has 1 heterocycles.